The molecule has 0 spiro atoms. The quantitative estimate of drug-likeness (QED) is 0.0871. The molecule has 0 atom stereocenters. The van der Waals surface area contributed by atoms with Crippen LogP contribution in [0.5, 0.6) is 0 Å². The molecule has 5 heterocycles. The summed E-state index contributed by atoms with van der Waals surface area (Å²) in [4.78, 5) is 21.8. The van der Waals surface area contributed by atoms with Gasteiger partial charge in [0.25, 0.3) is 0 Å². The third-order valence-corrected chi connectivity index (χ3v) is 23.2. The normalized spacial score (nSPS) is 16.1. The summed E-state index contributed by atoms with van der Waals surface area (Å²) in [6.45, 7) is 41.5. The van der Waals surface area contributed by atoms with Crippen LogP contribution in [-0.2, 0) is 37.9 Å². The van der Waals surface area contributed by atoms with E-state index in [1.165, 1.54) is 38.9 Å². The molecule has 10 bridgehead atoms. The number of nitrogens with zero attached hydrogens (tertiary/aromatic N) is 7. The lowest BCUT2D eigenvalue weighted by molar-refractivity contribution is 0.0865. The number of anilines is 1. The van der Waals surface area contributed by atoms with E-state index in [-0.39, 0.29) is 65.6 Å². The maximum absolute atomic E-state index is 10.2. The Kier molecular flexibility index (Phi) is 20.2. The summed E-state index contributed by atoms with van der Waals surface area (Å²) in [6.07, 6.45) is 14.2. The van der Waals surface area contributed by atoms with E-state index < -0.39 is 0 Å². The molecule has 0 amide bonds. The van der Waals surface area contributed by atoms with Gasteiger partial charge in [-0.05, 0) is 228 Å². The van der Waals surface area contributed by atoms with Crippen molar-refractivity contribution in [3.63, 3.8) is 0 Å². The first-order valence-corrected chi connectivity index (χ1v) is 39.1. The molecule has 111 heavy (non-hydrogen) atoms. The van der Waals surface area contributed by atoms with Crippen LogP contribution in [0.25, 0.3) is 96.5 Å². The molecule has 556 valence electrons. The second kappa shape index (κ2) is 28.9. The SMILES string of the molecule is CN(C)c1ccc(C(=C(C#N)C#N)C(C#CC23CCC(c4ccc(C#Cc5ccc(-c6c7nc(c(-c8cc(C(C)(C)C)cc(C(C)(C)C)c8)c8ccc([nH]8)c(-c8cc(C(C)(C)C)cc(C(C)(C)C)c8)c8nc(c(-c9cc(C(C)(C)C)cc(C(C)(C)C)c9)c9ccc6[nH]9)C=C8)C=C7)cc5)cc4)(CC2)CC3)=C(C#N)C#N)cc1. The number of nitriles is 4. The number of hydrogen-bond donors (Lipinski definition) is 2. The number of rotatable bonds is 8. The minimum absolute atomic E-state index is 0.0178. The first kappa shape index (κ1) is 77.4. The standard InChI is InChI=1S/C102H103N9/c1-95(2,3)74-51-68(52-75(57-74)96(4,5)6)92-84-37-35-82(107-84)91(67-27-23-64(24-28-67)21-22-65-25-31-73(32-26-65)102-48-45-101(46-49-102,47-50-102)44-43-81(71(60-103)61-104)90(72(62-105)63-106)66-29-33-80(34-30-66)111(19)20)83-36-38-85(108-83)93(69-53-76(97(7,8)9)58-77(54-69)98(10,11)12)87-40-42-89(110-87)94(88-41-39-86(92)109-88)70-55-78(99(13,14)15)59-79(56-70)100(16,17)18/h23-42,51-59,107,110H,45-50H2,1-20H3. The number of allylic oxidation sites excluding steroid dienone is 4. The number of aromatic amines is 2. The summed E-state index contributed by atoms with van der Waals surface area (Å²) in [5.41, 5.74) is 26.3. The van der Waals surface area contributed by atoms with E-state index in [1.807, 2.05) is 55.4 Å². The average Bonchev–Trinajstić information content (AvgIpc) is 1.07. The fourth-order valence-electron chi connectivity index (χ4n) is 16.0. The molecule has 2 N–H and O–H groups in total. The first-order valence-electron chi connectivity index (χ1n) is 39.1. The highest BCUT2D eigenvalue weighted by Crippen LogP contribution is 2.58. The smallest absolute Gasteiger partial charge is 0.145 e. The number of benzene rings is 6. The maximum atomic E-state index is 10.2. The molecule has 3 saturated carbocycles. The highest BCUT2D eigenvalue weighted by atomic mass is 15.1. The molecule has 3 fully saturated rings. The Balaban J connectivity index is 0.932. The lowest BCUT2D eigenvalue weighted by Crippen LogP contribution is -2.43. The largest absolute Gasteiger partial charge is 0.378 e. The van der Waals surface area contributed by atoms with Gasteiger partial charge in [0, 0.05) is 86.2 Å². The lowest BCUT2D eigenvalue weighted by atomic mass is 9.52. The van der Waals surface area contributed by atoms with Crippen LogP contribution in [0.3, 0.4) is 0 Å². The van der Waals surface area contributed by atoms with Gasteiger partial charge in [-0.25, -0.2) is 9.97 Å². The zero-order valence-corrected chi connectivity index (χ0v) is 68.6. The van der Waals surface area contributed by atoms with Crippen molar-refractivity contribution >= 4 is 57.6 Å². The summed E-state index contributed by atoms with van der Waals surface area (Å²) in [5.74, 6) is 13.8. The number of nitrogens with one attached hydrogen (secondary N) is 2. The minimum atomic E-state index is -0.335. The molecular weight excluding hydrogens is 1350 g/mol. The van der Waals surface area contributed by atoms with Crippen LogP contribution >= 0.6 is 0 Å². The van der Waals surface area contributed by atoms with E-state index in [1.54, 1.807) is 12.1 Å². The van der Waals surface area contributed by atoms with E-state index in [2.05, 4.69) is 310 Å². The van der Waals surface area contributed by atoms with Crippen molar-refractivity contribution in [1.29, 1.82) is 21.0 Å². The molecular formula is C102H103N9. The summed E-state index contributed by atoms with van der Waals surface area (Å²) in [5, 5.41) is 40.8. The van der Waals surface area contributed by atoms with Gasteiger partial charge in [0.1, 0.15) is 35.4 Å². The molecule has 14 rings (SSSR count). The van der Waals surface area contributed by atoms with Gasteiger partial charge in [-0.1, -0.05) is 239 Å². The molecule has 9 heteroatoms. The number of hydrogen-bond acceptors (Lipinski definition) is 7. The molecule has 9 nitrogen and oxygen atoms in total. The van der Waals surface area contributed by atoms with Crippen molar-refractivity contribution in [2.45, 2.75) is 201 Å². The Labute approximate surface area is 659 Å². The van der Waals surface area contributed by atoms with E-state index in [9.17, 15) is 21.0 Å². The zero-order chi connectivity index (χ0) is 79.7. The lowest BCUT2D eigenvalue weighted by Gasteiger charge is -2.51. The van der Waals surface area contributed by atoms with Crippen LogP contribution in [-0.4, -0.2) is 34.0 Å². The second-order valence-electron chi connectivity index (χ2n) is 37.5. The van der Waals surface area contributed by atoms with Crippen LogP contribution in [0.2, 0.25) is 0 Å². The molecule has 3 aromatic heterocycles. The van der Waals surface area contributed by atoms with Crippen molar-refractivity contribution in [1.82, 2.24) is 19.9 Å². The predicted octanol–water partition coefficient (Wildman–Crippen LogP) is 25.0. The van der Waals surface area contributed by atoms with Crippen molar-refractivity contribution in [3.8, 4) is 92.5 Å². The van der Waals surface area contributed by atoms with Crippen LogP contribution in [0, 0.1) is 74.4 Å². The van der Waals surface area contributed by atoms with Crippen molar-refractivity contribution in [2.24, 2.45) is 5.41 Å². The highest BCUT2D eigenvalue weighted by Gasteiger charge is 2.49. The van der Waals surface area contributed by atoms with E-state index >= 15 is 0 Å². The van der Waals surface area contributed by atoms with Gasteiger partial charge in [0.15, 0.2) is 0 Å². The molecule has 0 saturated heterocycles. The Morgan fingerprint density at radius 3 is 0.991 bits per heavy atom. The summed E-state index contributed by atoms with van der Waals surface area (Å²) < 4.78 is 0. The van der Waals surface area contributed by atoms with Crippen LogP contribution in [0.4, 0.5) is 5.69 Å². The van der Waals surface area contributed by atoms with Crippen LogP contribution in [0.1, 0.15) is 242 Å². The van der Waals surface area contributed by atoms with Gasteiger partial charge >= 0.3 is 0 Å². The average molecular weight is 1460 g/mol. The Hall–Kier alpha value is -11.7. The van der Waals surface area contributed by atoms with Crippen LogP contribution < -0.4 is 4.90 Å². The fraction of sp³-hybridized carbons (Fsp3) is 0.333. The van der Waals surface area contributed by atoms with Gasteiger partial charge in [0.05, 0.1) is 28.3 Å². The van der Waals surface area contributed by atoms with Crippen molar-refractivity contribution < 1.29 is 0 Å². The maximum Gasteiger partial charge on any atom is 0.145 e. The van der Waals surface area contributed by atoms with Crippen molar-refractivity contribution in [3.05, 3.63) is 247 Å². The fourth-order valence-corrected chi connectivity index (χ4v) is 16.0. The molecule has 0 radical (unpaired) electrons. The molecule has 6 aromatic carbocycles. The van der Waals surface area contributed by atoms with Crippen molar-refractivity contribution in [2.75, 3.05) is 19.0 Å². The number of aromatic nitrogens is 4. The topological polar surface area (TPSA) is 156 Å². The minimum Gasteiger partial charge on any atom is -0.378 e. The van der Waals surface area contributed by atoms with E-state index in [0.29, 0.717) is 5.56 Å². The Bertz CT molecular complexity index is 5660. The monoisotopic (exact) mass is 1450 g/mol. The van der Waals surface area contributed by atoms with E-state index in [4.69, 9.17) is 9.97 Å². The Morgan fingerprint density at radius 1 is 0.369 bits per heavy atom. The summed E-state index contributed by atoms with van der Waals surface area (Å²) in [7, 11) is 3.85. The van der Waals surface area contributed by atoms with E-state index in [0.717, 1.165) is 145 Å². The van der Waals surface area contributed by atoms with Gasteiger partial charge in [0.2, 0.25) is 0 Å². The predicted molar refractivity (Wildman–Crippen MR) is 462 cm³/mol. The molecule has 2 aliphatic heterocycles. The second-order valence-corrected chi connectivity index (χ2v) is 37.5. The molecule has 3 aliphatic carbocycles. The van der Waals surface area contributed by atoms with Gasteiger partial charge in [-0.2, -0.15) is 21.0 Å². The van der Waals surface area contributed by atoms with Crippen LogP contribution in [0.15, 0.2) is 168 Å². The molecule has 0 unspecified atom stereocenters. The van der Waals surface area contributed by atoms with Gasteiger partial charge in [-0.15, -0.1) is 0 Å². The molecule has 5 aliphatic rings. The Morgan fingerprint density at radius 2 is 0.685 bits per heavy atom. The summed E-state index contributed by atoms with van der Waals surface area (Å²) in [6, 6.07) is 63.3. The third kappa shape index (κ3) is 15.8. The zero-order valence-electron chi connectivity index (χ0n) is 68.6. The third-order valence-electron chi connectivity index (χ3n) is 23.2. The van der Waals surface area contributed by atoms with Gasteiger partial charge in [-0.3, -0.25) is 0 Å². The highest BCUT2D eigenvalue weighted by molar-refractivity contribution is 6.01. The number of H-pyrrole nitrogens is 2. The molecule has 9 aromatic rings. The first-order chi connectivity index (χ1) is 52.3. The van der Waals surface area contributed by atoms with Gasteiger partial charge < -0.3 is 14.9 Å². The number of fused-ring (bicyclic) bond motifs is 11. The summed E-state index contributed by atoms with van der Waals surface area (Å²) >= 11 is 0.